The average molecular weight is 326 g/mol. The quantitative estimate of drug-likeness (QED) is 0.939. The van der Waals surface area contributed by atoms with Crippen molar-refractivity contribution in [1.82, 2.24) is 5.32 Å². The number of halogens is 1. The van der Waals surface area contributed by atoms with Crippen LogP contribution in [0.3, 0.4) is 0 Å². The molecule has 1 fully saturated rings. The number of hydrogen-bond donors (Lipinski definition) is 1. The Morgan fingerprint density at radius 2 is 1.83 bits per heavy atom. The van der Waals surface area contributed by atoms with Gasteiger partial charge in [-0.2, -0.15) is 0 Å². The summed E-state index contributed by atoms with van der Waals surface area (Å²) < 4.78 is 13.0. The third-order valence-corrected chi connectivity index (χ3v) is 4.27. The highest BCUT2D eigenvalue weighted by Crippen LogP contribution is 2.22. The molecule has 1 aliphatic rings. The van der Waals surface area contributed by atoms with Gasteiger partial charge in [-0.15, -0.1) is 0 Å². The summed E-state index contributed by atoms with van der Waals surface area (Å²) in [6.07, 6.45) is 1.45. The predicted octanol–water partition coefficient (Wildman–Crippen LogP) is 2.92. The second-order valence-electron chi connectivity index (χ2n) is 5.83. The van der Waals surface area contributed by atoms with Gasteiger partial charge in [-0.05, 0) is 54.8 Å². The van der Waals surface area contributed by atoms with Gasteiger partial charge in [0.25, 0.3) is 5.91 Å². The van der Waals surface area contributed by atoms with Crippen molar-refractivity contribution in [2.45, 2.75) is 25.8 Å². The molecule has 0 unspecified atom stereocenters. The van der Waals surface area contributed by atoms with E-state index in [0.29, 0.717) is 24.2 Å². The molecule has 1 aliphatic heterocycles. The van der Waals surface area contributed by atoms with E-state index in [1.807, 2.05) is 12.1 Å². The van der Waals surface area contributed by atoms with Gasteiger partial charge in [-0.25, -0.2) is 4.39 Å². The average Bonchev–Trinajstić information content (AvgIpc) is 2.96. The predicted molar refractivity (Wildman–Crippen MR) is 90.4 cm³/mol. The number of nitrogens with zero attached hydrogens (tertiary/aromatic N) is 1. The highest BCUT2D eigenvalue weighted by molar-refractivity contribution is 6.03. The monoisotopic (exact) mass is 326 g/mol. The molecule has 0 radical (unpaired) electrons. The van der Waals surface area contributed by atoms with Crippen molar-refractivity contribution in [3.8, 4) is 0 Å². The van der Waals surface area contributed by atoms with Crippen molar-refractivity contribution in [2.24, 2.45) is 0 Å². The van der Waals surface area contributed by atoms with Gasteiger partial charge < -0.3 is 10.2 Å². The van der Waals surface area contributed by atoms with Crippen LogP contribution in [0.1, 0.15) is 29.3 Å². The number of benzene rings is 2. The smallest absolute Gasteiger partial charge is 0.251 e. The van der Waals surface area contributed by atoms with E-state index >= 15 is 0 Å². The maximum atomic E-state index is 13.0. The molecule has 0 aromatic heterocycles. The molecule has 1 atom stereocenters. The van der Waals surface area contributed by atoms with Crippen LogP contribution in [0.4, 0.5) is 10.1 Å². The van der Waals surface area contributed by atoms with Crippen molar-refractivity contribution in [2.75, 3.05) is 11.4 Å². The Morgan fingerprint density at radius 3 is 2.46 bits per heavy atom. The first-order chi connectivity index (χ1) is 11.6. The molecule has 1 N–H and O–H groups in total. The van der Waals surface area contributed by atoms with E-state index in [4.69, 9.17) is 0 Å². The summed E-state index contributed by atoms with van der Waals surface area (Å²) >= 11 is 0. The first-order valence-corrected chi connectivity index (χ1v) is 8.05. The van der Waals surface area contributed by atoms with Crippen LogP contribution in [-0.2, 0) is 11.2 Å². The van der Waals surface area contributed by atoms with Gasteiger partial charge >= 0.3 is 0 Å². The van der Waals surface area contributed by atoms with Crippen molar-refractivity contribution in [3.05, 3.63) is 65.5 Å². The summed E-state index contributed by atoms with van der Waals surface area (Å²) in [7, 11) is 0. The number of rotatable bonds is 4. The first kappa shape index (κ1) is 16.2. The zero-order valence-electron chi connectivity index (χ0n) is 13.5. The van der Waals surface area contributed by atoms with E-state index in [1.165, 1.54) is 12.1 Å². The van der Waals surface area contributed by atoms with Crippen LogP contribution in [-0.4, -0.2) is 24.4 Å². The van der Waals surface area contributed by atoms with Gasteiger partial charge in [-0.1, -0.05) is 19.1 Å². The molecule has 2 amide bonds. The molecule has 0 aliphatic carbocycles. The number of hydrogen-bond acceptors (Lipinski definition) is 2. The zero-order valence-corrected chi connectivity index (χ0v) is 13.5. The van der Waals surface area contributed by atoms with Crippen LogP contribution in [0.15, 0.2) is 48.5 Å². The van der Waals surface area contributed by atoms with Crippen molar-refractivity contribution >= 4 is 17.5 Å². The van der Waals surface area contributed by atoms with E-state index in [2.05, 4.69) is 12.2 Å². The lowest BCUT2D eigenvalue weighted by Gasteiger charge is -2.17. The third kappa shape index (κ3) is 3.30. The SMILES string of the molecule is CCc1ccc(C(=O)N[C@@H]2CCN(c3ccc(F)cc3)C2=O)cc1. The van der Waals surface area contributed by atoms with Crippen LogP contribution >= 0.6 is 0 Å². The molecule has 0 saturated carbocycles. The number of nitrogens with one attached hydrogen (secondary N) is 1. The normalized spacial score (nSPS) is 17.2. The van der Waals surface area contributed by atoms with Gasteiger partial charge in [0.05, 0.1) is 0 Å². The minimum Gasteiger partial charge on any atom is -0.340 e. The van der Waals surface area contributed by atoms with Crippen LogP contribution in [0.25, 0.3) is 0 Å². The molecule has 5 heteroatoms. The topological polar surface area (TPSA) is 49.4 Å². The summed E-state index contributed by atoms with van der Waals surface area (Å²) in [6.45, 7) is 2.56. The van der Waals surface area contributed by atoms with Gasteiger partial charge in [0.2, 0.25) is 5.91 Å². The van der Waals surface area contributed by atoms with Gasteiger partial charge in [-0.3, -0.25) is 9.59 Å². The fourth-order valence-corrected chi connectivity index (χ4v) is 2.82. The van der Waals surface area contributed by atoms with E-state index in [1.54, 1.807) is 29.2 Å². The number of anilines is 1. The summed E-state index contributed by atoms with van der Waals surface area (Å²) in [6, 6.07) is 12.6. The van der Waals surface area contributed by atoms with Crippen LogP contribution in [0, 0.1) is 5.82 Å². The van der Waals surface area contributed by atoms with Crippen LogP contribution < -0.4 is 10.2 Å². The van der Waals surface area contributed by atoms with Gasteiger partial charge in [0.15, 0.2) is 0 Å². The molecule has 0 spiro atoms. The Balaban J connectivity index is 1.66. The van der Waals surface area contributed by atoms with Crippen LogP contribution in [0.5, 0.6) is 0 Å². The Morgan fingerprint density at radius 1 is 1.17 bits per heavy atom. The van der Waals surface area contributed by atoms with Crippen molar-refractivity contribution < 1.29 is 14.0 Å². The second kappa shape index (κ2) is 6.83. The minimum absolute atomic E-state index is 0.167. The lowest BCUT2D eigenvalue weighted by atomic mass is 10.1. The number of aryl methyl sites for hydroxylation is 1. The maximum Gasteiger partial charge on any atom is 0.251 e. The molecule has 1 saturated heterocycles. The van der Waals surface area contributed by atoms with Crippen LogP contribution in [0.2, 0.25) is 0 Å². The first-order valence-electron chi connectivity index (χ1n) is 8.05. The molecular weight excluding hydrogens is 307 g/mol. The fraction of sp³-hybridized carbons (Fsp3) is 0.263. The molecule has 24 heavy (non-hydrogen) atoms. The van der Waals surface area contributed by atoms with Gasteiger partial charge in [0.1, 0.15) is 11.9 Å². The molecule has 124 valence electrons. The molecule has 4 nitrogen and oxygen atoms in total. The number of carbonyl (C=O) groups excluding carboxylic acids is 2. The third-order valence-electron chi connectivity index (χ3n) is 4.27. The van der Waals surface area contributed by atoms with Crippen molar-refractivity contribution in [1.29, 1.82) is 0 Å². The standard InChI is InChI=1S/C19H19FN2O2/c1-2-13-3-5-14(6-4-13)18(23)21-17-11-12-22(19(17)24)16-9-7-15(20)8-10-16/h3-10,17H,2,11-12H2,1H3,(H,21,23)/t17-/m1/s1. The summed E-state index contributed by atoms with van der Waals surface area (Å²) in [5.41, 5.74) is 2.34. The van der Waals surface area contributed by atoms with Crippen molar-refractivity contribution in [3.63, 3.8) is 0 Å². The molecule has 0 bridgehead atoms. The highest BCUT2D eigenvalue weighted by atomic mass is 19.1. The molecular formula is C19H19FN2O2. The van der Waals surface area contributed by atoms with E-state index < -0.39 is 6.04 Å². The highest BCUT2D eigenvalue weighted by Gasteiger charge is 2.33. The largest absolute Gasteiger partial charge is 0.340 e. The van der Waals surface area contributed by atoms with E-state index in [9.17, 15) is 14.0 Å². The maximum absolute atomic E-state index is 13.0. The molecule has 2 aromatic rings. The lowest BCUT2D eigenvalue weighted by molar-refractivity contribution is -0.118. The van der Waals surface area contributed by atoms with E-state index in [-0.39, 0.29) is 17.6 Å². The summed E-state index contributed by atoms with van der Waals surface area (Å²) in [5, 5.41) is 2.79. The second-order valence-corrected chi connectivity index (χ2v) is 5.83. The van der Waals surface area contributed by atoms with E-state index in [0.717, 1.165) is 12.0 Å². The Hall–Kier alpha value is -2.69. The zero-order chi connectivity index (χ0) is 17.1. The summed E-state index contributed by atoms with van der Waals surface area (Å²) in [5.74, 6) is -0.761. The number of amides is 2. The minimum atomic E-state index is -0.548. The Kier molecular flexibility index (Phi) is 4.60. The Bertz CT molecular complexity index is 741. The molecule has 1 heterocycles. The molecule has 3 rings (SSSR count). The molecule has 2 aromatic carbocycles. The fourth-order valence-electron chi connectivity index (χ4n) is 2.82. The lowest BCUT2D eigenvalue weighted by Crippen LogP contribution is -2.41. The Labute approximate surface area is 140 Å². The van der Waals surface area contributed by atoms with Gasteiger partial charge in [0, 0.05) is 17.8 Å². The summed E-state index contributed by atoms with van der Waals surface area (Å²) in [4.78, 5) is 26.4. The number of carbonyl (C=O) groups is 2.